The number of carbonyl (C=O) groups excluding carboxylic acids is 1. The van der Waals surface area contributed by atoms with Gasteiger partial charge in [-0.1, -0.05) is 29.4 Å². The van der Waals surface area contributed by atoms with Crippen molar-refractivity contribution in [1.82, 2.24) is 0 Å². The van der Waals surface area contributed by atoms with Crippen LogP contribution in [0.25, 0.3) is 0 Å². The summed E-state index contributed by atoms with van der Waals surface area (Å²) in [5.74, 6) is -0.680. The molecule has 0 unspecified atom stereocenters. The predicted octanol–water partition coefficient (Wildman–Crippen LogP) is 1.24. The Labute approximate surface area is 114 Å². The molecule has 0 heterocycles. The Morgan fingerprint density at radius 3 is 2.89 bits per heavy atom. The number of nitrogens with zero attached hydrogens (tertiary/aromatic N) is 2. The van der Waals surface area contributed by atoms with Crippen molar-refractivity contribution >= 4 is 23.4 Å². The van der Waals surface area contributed by atoms with E-state index >= 15 is 0 Å². The molecule has 1 aromatic rings. The van der Waals surface area contributed by atoms with Gasteiger partial charge >= 0.3 is 5.97 Å². The number of thiocyanates is 1. The number of thioether (sulfide) groups is 1. The fraction of sp³-hybridized carbons (Fsp3) is 0.250. The normalized spacial score (nSPS) is 10.7. The molecule has 1 rings (SSSR count). The first-order chi connectivity index (χ1) is 9.24. The number of ether oxygens (including phenoxy) is 1. The van der Waals surface area contributed by atoms with Gasteiger partial charge in [-0.05, 0) is 17.3 Å². The van der Waals surface area contributed by atoms with Gasteiger partial charge < -0.3 is 14.7 Å². The molecule has 1 aromatic carbocycles. The monoisotopic (exact) mass is 280 g/mol. The van der Waals surface area contributed by atoms with Crippen molar-refractivity contribution in [2.24, 2.45) is 5.16 Å². The smallest absolute Gasteiger partial charge is 0.360 e. The van der Waals surface area contributed by atoms with Crippen molar-refractivity contribution < 1.29 is 19.5 Å². The molecule has 0 aliphatic rings. The Balaban J connectivity index is 3.03. The first-order valence-electron chi connectivity index (χ1n) is 5.22. The van der Waals surface area contributed by atoms with E-state index in [2.05, 4.69) is 9.89 Å². The van der Waals surface area contributed by atoms with E-state index in [1.54, 1.807) is 24.3 Å². The molecule has 0 spiro atoms. The van der Waals surface area contributed by atoms with E-state index in [1.165, 1.54) is 7.11 Å². The Morgan fingerprint density at radius 1 is 1.53 bits per heavy atom. The Kier molecular flexibility index (Phi) is 6.43. The minimum absolute atomic E-state index is 0.00170. The second-order valence-corrected chi connectivity index (χ2v) is 3.94. The van der Waals surface area contributed by atoms with Crippen LogP contribution in [0.5, 0.6) is 0 Å². The minimum atomic E-state index is -0.678. The molecule has 0 bridgehead atoms. The summed E-state index contributed by atoms with van der Waals surface area (Å²) in [4.78, 5) is 16.5. The topological polar surface area (TPSA) is 91.9 Å². The van der Waals surface area contributed by atoms with Crippen LogP contribution < -0.4 is 0 Å². The van der Waals surface area contributed by atoms with Crippen molar-refractivity contribution in [2.75, 3.05) is 13.0 Å². The first-order valence-corrected chi connectivity index (χ1v) is 6.21. The van der Waals surface area contributed by atoms with E-state index in [4.69, 9.17) is 10.1 Å². The van der Waals surface area contributed by atoms with Crippen LogP contribution in [0.3, 0.4) is 0 Å². The molecule has 6 nitrogen and oxygen atoms in total. The maximum Gasteiger partial charge on any atom is 0.360 e. The summed E-state index contributed by atoms with van der Waals surface area (Å²) in [7, 11) is 1.23. The van der Waals surface area contributed by atoms with Crippen LogP contribution in [0.2, 0.25) is 0 Å². The van der Waals surface area contributed by atoms with E-state index < -0.39 is 5.97 Å². The third-order valence-corrected chi connectivity index (χ3v) is 2.51. The van der Waals surface area contributed by atoms with Crippen LogP contribution in [-0.4, -0.2) is 29.8 Å². The van der Waals surface area contributed by atoms with E-state index in [-0.39, 0.29) is 18.3 Å². The molecule has 100 valence electrons. The SMILES string of the molecule is COC(=O)/C(=N/OCSC#N)c1ccccc1CO. The second kappa shape index (κ2) is 8.13. The van der Waals surface area contributed by atoms with E-state index in [1.807, 2.05) is 5.40 Å². The van der Waals surface area contributed by atoms with E-state index in [0.29, 0.717) is 11.1 Å². The zero-order valence-corrected chi connectivity index (χ0v) is 11.0. The number of benzene rings is 1. The standard InChI is InChI=1S/C12H12N2O4S/c1-17-12(16)11(14-18-8-19-7-13)10-5-3-2-4-9(10)6-15/h2-5,15H,6,8H2,1H3/b14-11+. The van der Waals surface area contributed by atoms with Crippen LogP contribution in [0.1, 0.15) is 11.1 Å². The van der Waals surface area contributed by atoms with Gasteiger partial charge in [-0.2, -0.15) is 5.26 Å². The van der Waals surface area contributed by atoms with Crippen molar-refractivity contribution in [3.63, 3.8) is 0 Å². The van der Waals surface area contributed by atoms with Crippen LogP contribution in [0.15, 0.2) is 29.4 Å². The number of aliphatic hydroxyl groups is 1. The summed E-state index contributed by atoms with van der Waals surface area (Å²) in [6.45, 7) is -0.237. The molecule has 0 saturated carbocycles. The lowest BCUT2D eigenvalue weighted by Crippen LogP contribution is -2.19. The van der Waals surface area contributed by atoms with Crippen molar-refractivity contribution in [1.29, 1.82) is 5.26 Å². The molecule has 7 heteroatoms. The van der Waals surface area contributed by atoms with Gasteiger partial charge in [0.25, 0.3) is 0 Å². The number of carbonyl (C=O) groups is 1. The Hall–Kier alpha value is -2.04. The summed E-state index contributed by atoms with van der Waals surface area (Å²) >= 11 is 0.849. The lowest BCUT2D eigenvalue weighted by atomic mass is 10.0. The molecule has 0 atom stereocenters. The number of esters is 1. The molecular formula is C12H12N2O4S. The summed E-state index contributed by atoms with van der Waals surface area (Å²) < 4.78 is 4.62. The van der Waals surface area contributed by atoms with Crippen LogP contribution in [0.4, 0.5) is 0 Å². The fourth-order valence-corrected chi connectivity index (χ4v) is 1.48. The molecule has 1 N–H and O–H groups in total. The van der Waals surface area contributed by atoms with Gasteiger partial charge in [0, 0.05) is 5.56 Å². The van der Waals surface area contributed by atoms with Crippen LogP contribution >= 0.6 is 11.8 Å². The Morgan fingerprint density at radius 2 is 2.26 bits per heavy atom. The molecule has 0 aliphatic carbocycles. The van der Waals surface area contributed by atoms with Gasteiger partial charge in [-0.25, -0.2) is 4.79 Å². The summed E-state index contributed by atoms with van der Waals surface area (Å²) in [6, 6.07) is 6.73. The second-order valence-electron chi connectivity index (χ2n) is 3.23. The number of oxime groups is 1. The lowest BCUT2D eigenvalue weighted by molar-refractivity contribution is -0.132. The zero-order valence-electron chi connectivity index (χ0n) is 10.2. The summed E-state index contributed by atoms with van der Waals surface area (Å²) in [6.07, 6.45) is 0. The van der Waals surface area contributed by atoms with Gasteiger partial charge in [-0.3, -0.25) is 0 Å². The van der Waals surface area contributed by atoms with Crippen molar-refractivity contribution in [3.05, 3.63) is 35.4 Å². The number of methoxy groups -OCH3 is 1. The number of hydrogen-bond acceptors (Lipinski definition) is 7. The highest BCUT2D eigenvalue weighted by Gasteiger charge is 2.18. The van der Waals surface area contributed by atoms with Crippen molar-refractivity contribution in [2.45, 2.75) is 6.61 Å². The molecule has 0 aliphatic heterocycles. The molecule has 0 saturated heterocycles. The molecule has 0 radical (unpaired) electrons. The molecular weight excluding hydrogens is 268 g/mol. The first kappa shape index (κ1) is 15.0. The average Bonchev–Trinajstić information content (AvgIpc) is 2.46. The fourth-order valence-electron chi connectivity index (χ4n) is 1.33. The Bertz CT molecular complexity index is 511. The highest BCUT2D eigenvalue weighted by Crippen LogP contribution is 2.12. The zero-order chi connectivity index (χ0) is 14.1. The van der Waals surface area contributed by atoms with Gasteiger partial charge in [0.15, 0.2) is 11.7 Å². The predicted molar refractivity (Wildman–Crippen MR) is 70.1 cm³/mol. The largest absolute Gasteiger partial charge is 0.464 e. The summed E-state index contributed by atoms with van der Waals surface area (Å²) in [5.41, 5.74) is 0.910. The molecule has 0 amide bonds. The number of aliphatic hydroxyl groups excluding tert-OH is 1. The van der Waals surface area contributed by atoms with Crippen molar-refractivity contribution in [3.8, 4) is 5.40 Å². The van der Waals surface area contributed by atoms with Gasteiger partial charge in [0.05, 0.1) is 13.7 Å². The van der Waals surface area contributed by atoms with Crippen LogP contribution in [-0.2, 0) is 21.0 Å². The van der Waals surface area contributed by atoms with Crippen LogP contribution in [0, 0.1) is 10.7 Å². The number of hydrogen-bond donors (Lipinski definition) is 1. The third kappa shape index (κ3) is 4.28. The number of rotatable bonds is 6. The van der Waals surface area contributed by atoms with E-state index in [0.717, 1.165) is 11.8 Å². The number of nitriles is 1. The van der Waals surface area contributed by atoms with E-state index in [9.17, 15) is 9.90 Å². The quantitative estimate of drug-likeness (QED) is 0.210. The lowest BCUT2D eigenvalue weighted by Gasteiger charge is -2.08. The maximum absolute atomic E-state index is 11.7. The molecule has 0 fully saturated rings. The molecule has 0 aromatic heterocycles. The average molecular weight is 280 g/mol. The highest BCUT2D eigenvalue weighted by molar-refractivity contribution is 8.03. The third-order valence-electron chi connectivity index (χ3n) is 2.15. The minimum Gasteiger partial charge on any atom is -0.464 e. The highest BCUT2D eigenvalue weighted by atomic mass is 32.2. The van der Waals surface area contributed by atoms with Gasteiger partial charge in [0.1, 0.15) is 5.40 Å². The summed E-state index contributed by atoms with van der Waals surface area (Å²) in [5, 5.41) is 23.1. The van der Waals surface area contributed by atoms with Gasteiger partial charge in [-0.15, -0.1) is 0 Å². The van der Waals surface area contributed by atoms with Gasteiger partial charge in [0.2, 0.25) is 0 Å². The maximum atomic E-state index is 11.7. The molecule has 19 heavy (non-hydrogen) atoms.